The van der Waals surface area contributed by atoms with Gasteiger partial charge in [0, 0.05) is 16.8 Å². The van der Waals surface area contributed by atoms with Crippen molar-refractivity contribution in [2.75, 3.05) is 18.2 Å². The highest BCUT2D eigenvalue weighted by Crippen LogP contribution is 2.25. The topological polar surface area (TPSA) is 90.1 Å². The number of halogens is 1. The summed E-state index contributed by atoms with van der Waals surface area (Å²) in [6.45, 7) is 0. The molecular formula is C16H13ClN4O3S. The lowest BCUT2D eigenvalue weighted by molar-refractivity contribution is -0.113. The van der Waals surface area contributed by atoms with E-state index in [0.717, 1.165) is 17.3 Å². The maximum absolute atomic E-state index is 12.0. The maximum Gasteiger partial charge on any atom is 0.277 e. The number of nitrogens with one attached hydrogen (secondary N) is 1. The van der Waals surface area contributed by atoms with Crippen LogP contribution in [-0.2, 0) is 4.79 Å². The maximum atomic E-state index is 12.0. The summed E-state index contributed by atoms with van der Waals surface area (Å²) in [7, 11) is 1.49. The van der Waals surface area contributed by atoms with Gasteiger partial charge in [-0.2, -0.15) is 0 Å². The highest BCUT2D eigenvalue weighted by molar-refractivity contribution is 7.99. The van der Waals surface area contributed by atoms with Crippen LogP contribution in [0.15, 0.2) is 52.2 Å². The number of pyridine rings is 1. The van der Waals surface area contributed by atoms with Gasteiger partial charge in [0.15, 0.2) is 0 Å². The van der Waals surface area contributed by atoms with Crippen molar-refractivity contribution in [3.63, 3.8) is 0 Å². The molecule has 2 heterocycles. The van der Waals surface area contributed by atoms with E-state index in [-0.39, 0.29) is 11.7 Å². The second-order valence-electron chi connectivity index (χ2n) is 4.78. The molecule has 9 heteroatoms. The summed E-state index contributed by atoms with van der Waals surface area (Å²) in [5.74, 6) is 0.597. The molecule has 2 aromatic heterocycles. The molecule has 25 heavy (non-hydrogen) atoms. The molecule has 7 nitrogen and oxygen atoms in total. The lowest BCUT2D eigenvalue weighted by Gasteiger charge is -2.07. The standard InChI is InChI=1S/C16H13ClN4O3S/c1-23-15-12(3-2-8-18-15)19-13(22)9-25-16-21-20-14(24-16)10-4-6-11(17)7-5-10/h2-8H,9H2,1H3,(H,19,22). The van der Waals surface area contributed by atoms with Gasteiger partial charge in [0.05, 0.1) is 12.9 Å². The summed E-state index contributed by atoms with van der Waals surface area (Å²) >= 11 is 6.99. The summed E-state index contributed by atoms with van der Waals surface area (Å²) in [5, 5.41) is 11.5. The predicted octanol–water partition coefficient (Wildman–Crippen LogP) is 3.52. The van der Waals surface area contributed by atoms with E-state index >= 15 is 0 Å². The second kappa shape index (κ2) is 8.00. The fourth-order valence-electron chi connectivity index (χ4n) is 1.94. The van der Waals surface area contributed by atoms with Crippen molar-refractivity contribution >= 4 is 35.0 Å². The molecule has 0 aliphatic heterocycles. The average Bonchev–Trinajstić information content (AvgIpc) is 3.10. The number of nitrogens with zero attached hydrogens (tertiary/aromatic N) is 3. The third kappa shape index (κ3) is 4.49. The van der Waals surface area contributed by atoms with Gasteiger partial charge in [0.2, 0.25) is 17.7 Å². The zero-order valence-corrected chi connectivity index (χ0v) is 14.7. The zero-order chi connectivity index (χ0) is 17.6. The molecule has 0 aliphatic rings. The van der Waals surface area contributed by atoms with E-state index in [9.17, 15) is 4.79 Å². The van der Waals surface area contributed by atoms with Crippen molar-refractivity contribution in [2.45, 2.75) is 5.22 Å². The highest BCUT2D eigenvalue weighted by Gasteiger charge is 2.13. The zero-order valence-electron chi connectivity index (χ0n) is 13.1. The van der Waals surface area contributed by atoms with Crippen LogP contribution in [0.2, 0.25) is 5.02 Å². The molecule has 0 saturated carbocycles. The van der Waals surface area contributed by atoms with Crippen molar-refractivity contribution in [1.29, 1.82) is 0 Å². The number of ether oxygens (including phenoxy) is 1. The van der Waals surface area contributed by atoms with Crippen molar-refractivity contribution in [3.8, 4) is 17.3 Å². The molecule has 128 valence electrons. The lowest BCUT2D eigenvalue weighted by atomic mass is 10.2. The molecule has 0 atom stereocenters. The van der Waals surface area contributed by atoms with Gasteiger partial charge in [-0.1, -0.05) is 23.4 Å². The molecule has 0 unspecified atom stereocenters. The molecule has 3 rings (SSSR count). The number of hydrogen-bond acceptors (Lipinski definition) is 7. The smallest absolute Gasteiger partial charge is 0.277 e. The van der Waals surface area contributed by atoms with E-state index in [1.54, 1.807) is 42.6 Å². The van der Waals surface area contributed by atoms with E-state index < -0.39 is 0 Å². The molecule has 0 spiro atoms. The fraction of sp³-hybridized carbons (Fsp3) is 0.125. The van der Waals surface area contributed by atoms with Gasteiger partial charge >= 0.3 is 0 Å². The Labute approximate surface area is 152 Å². The van der Waals surface area contributed by atoms with Crippen molar-refractivity contribution < 1.29 is 13.9 Å². The van der Waals surface area contributed by atoms with Gasteiger partial charge in [0.25, 0.3) is 5.22 Å². The third-order valence-corrected chi connectivity index (χ3v) is 4.13. The van der Waals surface area contributed by atoms with Crippen LogP contribution in [0.3, 0.4) is 0 Å². The Morgan fingerprint density at radius 1 is 1.28 bits per heavy atom. The average molecular weight is 377 g/mol. The summed E-state index contributed by atoms with van der Waals surface area (Å²) in [6, 6.07) is 10.5. The molecular weight excluding hydrogens is 364 g/mol. The van der Waals surface area contributed by atoms with Crippen LogP contribution < -0.4 is 10.1 Å². The van der Waals surface area contributed by atoms with E-state index in [1.165, 1.54) is 7.11 Å². The van der Waals surface area contributed by atoms with Crippen LogP contribution >= 0.6 is 23.4 Å². The minimum atomic E-state index is -0.234. The molecule has 1 aromatic carbocycles. The first-order valence-corrected chi connectivity index (χ1v) is 8.53. The molecule has 0 aliphatic carbocycles. The first kappa shape index (κ1) is 17.2. The van der Waals surface area contributed by atoms with Crippen molar-refractivity contribution in [2.24, 2.45) is 0 Å². The van der Waals surface area contributed by atoms with Crippen LogP contribution in [0.5, 0.6) is 5.88 Å². The van der Waals surface area contributed by atoms with E-state index in [0.29, 0.717) is 27.7 Å². The molecule has 0 fully saturated rings. The van der Waals surface area contributed by atoms with Crippen molar-refractivity contribution in [3.05, 3.63) is 47.6 Å². The van der Waals surface area contributed by atoms with Crippen LogP contribution in [0.4, 0.5) is 5.69 Å². The summed E-state index contributed by atoms with van der Waals surface area (Å²) < 4.78 is 10.6. The largest absolute Gasteiger partial charge is 0.480 e. The van der Waals surface area contributed by atoms with Gasteiger partial charge in [0.1, 0.15) is 5.69 Å². The van der Waals surface area contributed by atoms with Crippen LogP contribution in [-0.4, -0.2) is 34.0 Å². The number of aromatic nitrogens is 3. The number of rotatable bonds is 6. The number of carbonyl (C=O) groups is 1. The van der Waals surface area contributed by atoms with E-state index in [4.69, 9.17) is 20.8 Å². The monoisotopic (exact) mass is 376 g/mol. The van der Waals surface area contributed by atoms with Gasteiger partial charge < -0.3 is 14.5 Å². The van der Waals surface area contributed by atoms with Gasteiger partial charge in [-0.3, -0.25) is 4.79 Å². The second-order valence-corrected chi connectivity index (χ2v) is 6.14. The Bertz CT molecular complexity index is 870. The van der Waals surface area contributed by atoms with Crippen LogP contribution in [0.25, 0.3) is 11.5 Å². The number of hydrogen-bond donors (Lipinski definition) is 1. The molecule has 1 N–H and O–H groups in total. The molecule has 0 saturated heterocycles. The fourth-order valence-corrected chi connectivity index (χ4v) is 2.63. The van der Waals surface area contributed by atoms with Gasteiger partial charge in [-0.15, -0.1) is 10.2 Å². The van der Waals surface area contributed by atoms with Gasteiger partial charge in [-0.25, -0.2) is 4.98 Å². The Balaban J connectivity index is 1.58. The predicted molar refractivity (Wildman–Crippen MR) is 94.9 cm³/mol. The number of amides is 1. The number of carbonyl (C=O) groups excluding carboxylic acids is 1. The normalized spacial score (nSPS) is 10.5. The van der Waals surface area contributed by atoms with E-state index in [2.05, 4.69) is 20.5 Å². The minimum Gasteiger partial charge on any atom is -0.480 e. The molecule has 0 bridgehead atoms. The minimum absolute atomic E-state index is 0.111. The number of thioether (sulfide) groups is 1. The molecule has 0 radical (unpaired) electrons. The van der Waals surface area contributed by atoms with Crippen molar-refractivity contribution in [1.82, 2.24) is 15.2 Å². The number of methoxy groups -OCH3 is 1. The first-order valence-electron chi connectivity index (χ1n) is 7.17. The Morgan fingerprint density at radius 3 is 2.84 bits per heavy atom. The van der Waals surface area contributed by atoms with Crippen LogP contribution in [0, 0.1) is 0 Å². The lowest BCUT2D eigenvalue weighted by Crippen LogP contribution is -2.15. The van der Waals surface area contributed by atoms with Crippen LogP contribution in [0.1, 0.15) is 0 Å². The Kier molecular flexibility index (Phi) is 5.52. The van der Waals surface area contributed by atoms with E-state index in [1.807, 2.05) is 0 Å². The SMILES string of the molecule is COc1ncccc1NC(=O)CSc1nnc(-c2ccc(Cl)cc2)o1. The highest BCUT2D eigenvalue weighted by atomic mass is 35.5. The summed E-state index contributed by atoms with van der Waals surface area (Å²) in [4.78, 5) is 16.1. The molecule has 1 amide bonds. The van der Waals surface area contributed by atoms with Gasteiger partial charge in [-0.05, 0) is 36.4 Å². The Morgan fingerprint density at radius 2 is 2.08 bits per heavy atom. The molecule has 3 aromatic rings. The number of anilines is 1. The Hall–Kier alpha value is -2.58. The summed E-state index contributed by atoms with van der Waals surface area (Å²) in [5.41, 5.74) is 1.26. The first-order chi connectivity index (χ1) is 12.2. The summed E-state index contributed by atoms with van der Waals surface area (Å²) in [6.07, 6.45) is 1.58. The third-order valence-electron chi connectivity index (χ3n) is 3.06. The quantitative estimate of drug-likeness (QED) is 0.658. The number of benzene rings is 1.